The van der Waals surface area contributed by atoms with E-state index in [1.54, 1.807) is 11.3 Å². The fourth-order valence-electron chi connectivity index (χ4n) is 2.37. The van der Waals surface area contributed by atoms with Crippen LogP contribution in [0.25, 0.3) is 0 Å². The van der Waals surface area contributed by atoms with Gasteiger partial charge in [0.1, 0.15) is 0 Å². The molecule has 2 heterocycles. The van der Waals surface area contributed by atoms with Crippen LogP contribution in [0.2, 0.25) is 0 Å². The molecule has 0 aliphatic carbocycles. The summed E-state index contributed by atoms with van der Waals surface area (Å²) in [5.74, 6) is 1.36. The number of rotatable bonds is 5. The molecule has 1 aliphatic heterocycles. The molecular formula is C14H26IN5S. The minimum atomic E-state index is 0. The highest BCUT2D eigenvalue weighted by atomic mass is 127. The maximum Gasteiger partial charge on any atom is 0.191 e. The van der Waals surface area contributed by atoms with Gasteiger partial charge >= 0.3 is 0 Å². The number of nitrogens with two attached hydrogens (primary N) is 1. The molecule has 0 radical (unpaired) electrons. The molecule has 1 saturated heterocycles. The molecule has 120 valence electrons. The lowest BCUT2D eigenvalue weighted by atomic mass is 10.0. The van der Waals surface area contributed by atoms with E-state index in [9.17, 15) is 0 Å². The molecule has 21 heavy (non-hydrogen) atoms. The molecule has 1 aliphatic rings. The Bertz CT molecular complexity index is 411. The minimum absolute atomic E-state index is 0. The minimum Gasteiger partial charge on any atom is -0.370 e. The van der Waals surface area contributed by atoms with Gasteiger partial charge in [-0.05, 0) is 5.92 Å². The van der Waals surface area contributed by atoms with Crippen LogP contribution in [0, 0.1) is 5.92 Å². The van der Waals surface area contributed by atoms with Crippen molar-refractivity contribution in [3.05, 3.63) is 11.6 Å². The van der Waals surface area contributed by atoms with Crippen LogP contribution in [-0.4, -0.2) is 48.6 Å². The summed E-state index contributed by atoms with van der Waals surface area (Å²) < 4.78 is 0. The number of hydrogen-bond donors (Lipinski definition) is 1. The number of aliphatic imine (C=N–C) groups is 1. The molecule has 0 aromatic carbocycles. The molecule has 0 bridgehead atoms. The SMILES string of the molecule is CCC(CC)CN=C(N)N1CCN(c2nccs2)CC1.I. The van der Waals surface area contributed by atoms with Crippen LogP contribution in [0.4, 0.5) is 5.13 Å². The van der Waals surface area contributed by atoms with Gasteiger partial charge in [0.05, 0.1) is 0 Å². The highest BCUT2D eigenvalue weighted by Gasteiger charge is 2.19. The maximum absolute atomic E-state index is 6.11. The highest BCUT2D eigenvalue weighted by Crippen LogP contribution is 2.18. The number of aromatic nitrogens is 1. The van der Waals surface area contributed by atoms with Crippen molar-refractivity contribution in [3.63, 3.8) is 0 Å². The quantitative estimate of drug-likeness (QED) is 0.450. The van der Waals surface area contributed by atoms with Gasteiger partial charge in [0.25, 0.3) is 0 Å². The number of guanidine groups is 1. The van der Waals surface area contributed by atoms with E-state index in [0.717, 1.165) is 37.9 Å². The number of nitrogens with zero attached hydrogens (tertiary/aromatic N) is 4. The molecule has 0 amide bonds. The van der Waals surface area contributed by atoms with Gasteiger partial charge in [-0.2, -0.15) is 0 Å². The van der Waals surface area contributed by atoms with E-state index in [4.69, 9.17) is 5.73 Å². The Morgan fingerprint density at radius 3 is 2.52 bits per heavy atom. The lowest BCUT2D eigenvalue weighted by Crippen LogP contribution is -2.51. The van der Waals surface area contributed by atoms with E-state index < -0.39 is 0 Å². The normalized spacial score (nSPS) is 16.2. The van der Waals surface area contributed by atoms with Crippen LogP contribution in [-0.2, 0) is 0 Å². The average molecular weight is 423 g/mol. The Kier molecular flexibility index (Phi) is 8.31. The molecule has 5 nitrogen and oxygen atoms in total. The van der Waals surface area contributed by atoms with Crippen molar-refractivity contribution in [3.8, 4) is 0 Å². The molecule has 0 saturated carbocycles. The monoisotopic (exact) mass is 423 g/mol. The van der Waals surface area contributed by atoms with Crippen molar-refractivity contribution >= 4 is 46.4 Å². The van der Waals surface area contributed by atoms with Crippen LogP contribution in [0.1, 0.15) is 26.7 Å². The van der Waals surface area contributed by atoms with Gasteiger partial charge in [0, 0.05) is 44.3 Å². The number of anilines is 1. The number of thiazole rings is 1. The van der Waals surface area contributed by atoms with Crippen molar-refractivity contribution in [1.82, 2.24) is 9.88 Å². The van der Waals surface area contributed by atoms with Crippen LogP contribution >= 0.6 is 35.3 Å². The standard InChI is InChI=1S/C14H25N5S.HI/c1-3-12(4-2)11-17-13(15)18-6-8-19(9-7-18)14-16-5-10-20-14;/h5,10,12H,3-4,6-9,11H2,1-2H3,(H2,15,17);1H. The maximum atomic E-state index is 6.11. The zero-order valence-electron chi connectivity index (χ0n) is 12.9. The zero-order valence-corrected chi connectivity index (χ0v) is 16.0. The van der Waals surface area contributed by atoms with E-state index >= 15 is 0 Å². The first-order valence-corrected chi connectivity index (χ1v) is 8.31. The summed E-state index contributed by atoms with van der Waals surface area (Å²) in [6.45, 7) is 9.07. The fourth-order valence-corrected chi connectivity index (χ4v) is 3.07. The second-order valence-corrected chi connectivity index (χ2v) is 6.04. The van der Waals surface area contributed by atoms with E-state index in [1.807, 2.05) is 11.6 Å². The van der Waals surface area contributed by atoms with Gasteiger partial charge < -0.3 is 15.5 Å². The fraction of sp³-hybridized carbons (Fsp3) is 0.714. The smallest absolute Gasteiger partial charge is 0.191 e. The van der Waals surface area contributed by atoms with Crippen molar-refractivity contribution in [2.45, 2.75) is 26.7 Å². The largest absolute Gasteiger partial charge is 0.370 e. The summed E-state index contributed by atoms with van der Waals surface area (Å²) in [5.41, 5.74) is 6.11. The Balaban J connectivity index is 0.00000220. The molecule has 2 rings (SSSR count). The molecule has 0 atom stereocenters. The van der Waals surface area contributed by atoms with Crippen molar-refractivity contribution in [2.24, 2.45) is 16.6 Å². The Hall–Kier alpha value is -0.570. The van der Waals surface area contributed by atoms with Gasteiger partial charge in [-0.3, -0.25) is 4.99 Å². The third-order valence-electron chi connectivity index (χ3n) is 3.96. The number of piperazine rings is 1. The van der Waals surface area contributed by atoms with E-state index in [0.29, 0.717) is 11.9 Å². The number of hydrogen-bond acceptors (Lipinski definition) is 4. The van der Waals surface area contributed by atoms with Crippen LogP contribution < -0.4 is 10.6 Å². The van der Waals surface area contributed by atoms with Crippen molar-refractivity contribution < 1.29 is 0 Å². The summed E-state index contributed by atoms with van der Waals surface area (Å²) in [6.07, 6.45) is 4.20. The molecule has 0 spiro atoms. The predicted octanol–water partition coefficient (Wildman–Crippen LogP) is 2.63. The van der Waals surface area contributed by atoms with Gasteiger partial charge in [-0.25, -0.2) is 4.98 Å². The summed E-state index contributed by atoms with van der Waals surface area (Å²) in [6, 6.07) is 0. The summed E-state index contributed by atoms with van der Waals surface area (Å²) in [7, 11) is 0. The Morgan fingerprint density at radius 1 is 1.33 bits per heavy atom. The molecule has 1 aromatic rings. The Morgan fingerprint density at radius 2 is 2.00 bits per heavy atom. The van der Waals surface area contributed by atoms with E-state index in [2.05, 4.69) is 33.6 Å². The predicted molar refractivity (Wildman–Crippen MR) is 102 cm³/mol. The lowest BCUT2D eigenvalue weighted by Gasteiger charge is -2.35. The molecule has 1 fully saturated rings. The van der Waals surface area contributed by atoms with Gasteiger partial charge in [0.2, 0.25) is 0 Å². The van der Waals surface area contributed by atoms with Crippen molar-refractivity contribution in [1.29, 1.82) is 0 Å². The first kappa shape index (κ1) is 18.5. The zero-order chi connectivity index (χ0) is 14.4. The third kappa shape index (κ3) is 5.28. The second-order valence-electron chi connectivity index (χ2n) is 5.17. The van der Waals surface area contributed by atoms with Gasteiger partial charge in [-0.15, -0.1) is 35.3 Å². The topological polar surface area (TPSA) is 57.8 Å². The third-order valence-corrected chi connectivity index (χ3v) is 4.79. The summed E-state index contributed by atoms with van der Waals surface area (Å²) >= 11 is 1.69. The van der Waals surface area contributed by atoms with Crippen LogP contribution in [0.3, 0.4) is 0 Å². The van der Waals surface area contributed by atoms with Crippen LogP contribution in [0.5, 0.6) is 0 Å². The summed E-state index contributed by atoms with van der Waals surface area (Å²) in [4.78, 5) is 13.4. The van der Waals surface area contributed by atoms with Gasteiger partial charge in [-0.1, -0.05) is 26.7 Å². The first-order chi connectivity index (χ1) is 9.74. The second kappa shape index (κ2) is 9.45. The number of halogens is 1. The lowest BCUT2D eigenvalue weighted by molar-refractivity contribution is 0.378. The molecular weight excluding hydrogens is 397 g/mol. The summed E-state index contributed by atoms with van der Waals surface area (Å²) in [5, 5.41) is 3.13. The molecule has 7 heteroatoms. The first-order valence-electron chi connectivity index (χ1n) is 7.43. The molecule has 0 unspecified atom stereocenters. The van der Waals surface area contributed by atoms with Gasteiger partial charge in [0.15, 0.2) is 11.1 Å². The van der Waals surface area contributed by atoms with Crippen molar-refractivity contribution in [2.75, 3.05) is 37.6 Å². The Labute approximate surface area is 148 Å². The highest BCUT2D eigenvalue weighted by molar-refractivity contribution is 14.0. The average Bonchev–Trinajstić information content (AvgIpc) is 3.02. The van der Waals surface area contributed by atoms with E-state index in [-0.39, 0.29) is 24.0 Å². The van der Waals surface area contributed by atoms with E-state index in [1.165, 1.54) is 12.8 Å². The van der Waals surface area contributed by atoms with Crippen LogP contribution in [0.15, 0.2) is 16.6 Å². The molecule has 2 N–H and O–H groups in total. The molecule has 1 aromatic heterocycles.